The zero-order chi connectivity index (χ0) is 14.4. The average molecular weight is 337 g/mol. The first-order chi connectivity index (χ1) is 9.76. The molecule has 1 N–H and O–H groups in total. The van der Waals surface area contributed by atoms with E-state index in [0.29, 0.717) is 0 Å². The van der Waals surface area contributed by atoms with E-state index in [9.17, 15) is 0 Å². The molecule has 2 rings (SSSR count). The minimum absolute atomic E-state index is 0.175. The second-order valence-corrected chi connectivity index (χ2v) is 5.58. The van der Waals surface area contributed by atoms with E-state index >= 15 is 0 Å². The molecule has 4 nitrogen and oxygen atoms in total. The van der Waals surface area contributed by atoms with Gasteiger partial charge in [-0.2, -0.15) is 0 Å². The van der Waals surface area contributed by atoms with Crippen LogP contribution in [0.3, 0.4) is 0 Å². The minimum Gasteiger partial charge on any atom is -0.335 e. The summed E-state index contributed by atoms with van der Waals surface area (Å²) in [5.74, 6) is 1.11. The van der Waals surface area contributed by atoms with Crippen molar-refractivity contribution in [3.05, 3.63) is 46.7 Å². The zero-order valence-electron chi connectivity index (χ0n) is 12.0. The van der Waals surface area contributed by atoms with Gasteiger partial charge in [0, 0.05) is 36.0 Å². The summed E-state index contributed by atoms with van der Waals surface area (Å²) in [6.07, 6.45) is 7.72. The van der Waals surface area contributed by atoms with Crippen molar-refractivity contribution in [3.63, 3.8) is 0 Å². The number of likely N-dealkylation sites (N-methyl/N-ethyl adjacent to an activating group) is 1. The Morgan fingerprint density at radius 2 is 2.15 bits per heavy atom. The van der Waals surface area contributed by atoms with Crippen LogP contribution in [0.1, 0.15) is 37.8 Å². The van der Waals surface area contributed by atoms with Crippen LogP contribution >= 0.6 is 15.9 Å². The molecule has 1 atom stereocenters. The number of halogens is 1. The van der Waals surface area contributed by atoms with E-state index in [1.165, 1.54) is 0 Å². The molecule has 0 spiro atoms. The van der Waals surface area contributed by atoms with Gasteiger partial charge >= 0.3 is 0 Å². The van der Waals surface area contributed by atoms with Crippen molar-refractivity contribution in [2.45, 2.75) is 39.3 Å². The molecule has 5 heteroatoms. The summed E-state index contributed by atoms with van der Waals surface area (Å²) in [6, 6.07) is 4.15. The largest absolute Gasteiger partial charge is 0.335 e. The zero-order valence-corrected chi connectivity index (χ0v) is 13.6. The number of nitrogens with one attached hydrogen (secondary N) is 1. The highest BCUT2D eigenvalue weighted by molar-refractivity contribution is 9.10. The maximum Gasteiger partial charge on any atom is 0.110 e. The summed E-state index contributed by atoms with van der Waals surface area (Å²) in [6.45, 7) is 6.21. The third-order valence-electron chi connectivity index (χ3n) is 3.22. The Hall–Kier alpha value is -1.20. The van der Waals surface area contributed by atoms with E-state index in [4.69, 9.17) is 0 Å². The Labute approximate surface area is 128 Å². The number of pyridine rings is 1. The van der Waals surface area contributed by atoms with Crippen LogP contribution in [0.4, 0.5) is 0 Å². The SMILES string of the molecule is CCCn1ccnc1CC(NCC)c1ncccc1Br. The molecule has 0 aromatic carbocycles. The lowest BCUT2D eigenvalue weighted by atomic mass is 10.1. The van der Waals surface area contributed by atoms with Crippen molar-refractivity contribution in [2.75, 3.05) is 6.54 Å². The van der Waals surface area contributed by atoms with Gasteiger partial charge in [-0.3, -0.25) is 4.98 Å². The second-order valence-electron chi connectivity index (χ2n) is 4.72. The van der Waals surface area contributed by atoms with Crippen molar-refractivity contribution < 1.29 is 0 Å². The molecule has 0 saturated heterocycles. The topological polar surface area (TPSA) is 42.7 Å². The summed E-state index contributed by atoms with van der Waals surface area (Å²) in [5.41, 5.74) is 1.04. The molecule has 0 aliphatic heterocycles. The number of hydrogen-bond donors (Lipinski definition) is 1. The molecule has 2 aromatic heterocycles. The standard InChI is InChI=1S/C15H21BrN4/c1-3-9-20-10-8-18-14(20)11-13(17-4-2)15-12(16)6-5-7-19-15/h5-8,10,13,17H,3-4,9,11H2,1-2H3. The molecular formula is C15H21BrN4. The molecule has 0 radical (unpaired) electrons. The lowest BCUT2D eigenvalue weighted by Gasteiger charge is -2.19. The van der Waals surface area contributed by atoms with Crippen molar-refractivity contribution in [3.8, 4) is 0 Å². The molecule has 0 aliphatic rings. The van der Waals surface area contributed by atoms with Gasteiger partial charge in [0.1, 0.15) is 5.82 Å². The first-order valence-corrected chi connectivity index (χ1v) is 7.89. The molecular weight excluding hydrogens is 316 g/mol. The van der Waals surface area contributed by atoms with Gasteiger partial charge in [0.15, 0.2) is 0 Å². The van der Waals surface area contributed by atoms with Crippen LogP contribution < -0.4 is 5.32 Å². The fourth-order valence-electron chi connectivity index (χ4n) is 2.32. The van der Waals surface area contributed by atoms with Crippen LogP contribution in [0.15, 0.2) is 35.2 Å². The van der Waals surface area contributed by atoms with Gasteiger partial charge in [-0.15, -0.1) is 0 Å². The van der Waals surface area contributed by atoms with E-state index in [2.05, 4.69) is 55.8 Å². The predicted molar refractivity (Wildman–Crippen MR) is 84.6 cm³/mol. The molecule has 20 heavy (non-hydrogen) atoms. The van der Waals surface area contributed by atoms with Crippen LogP contribution in [-0.4, -0.2) is 21.1 Å². The monoisotopic (exact) mass is 336 g/mol. The molecule has 0 fully saturated rings. The van der Waals surface area contributed by atoms with Gasteiger partial charge in [-0.1, -0.05) is 13.8 Å². The maximum atomic E-state index is 4.51. The normalized spacial score (nSPS) is 12.6. The van der Waals surface area contributed by atoms with Crippen LogP contribution in [-0.2, 0) is 13.0 Å². The van der Waals surface area contributed by atoms with Gasteiger partial charge in [0.05, 0.1) is 11.7 Å². The number of aromatic nitrogens is 3. The first kappa shape index (κ1) is 15.2. The Balaban J connectivity index is 2.21. The maximum absolute atomic E-state index is 4.51. The van der Waals surface area contributed by atoms with Crippen LogP contribution in [0.25, 0.3) is 0 Å². The first-order valence-electron chi connectivity index (χ1n) is 7.10. The Morgan fingerprint density at radius 1 is 1.30 bits per heavy atom. The van der Waals surface area contributed by atoms with E-state index in [-0.39, 0.29) is 6.04 Å². The van der Waals surface area contributed by atoms with Gasteiger partial charge in [0.2, 0.25) is 0 Å². The highest BCUT2D eigenvalue weighted by Crippen LogP contribution is 2.23. The number of hydrogen-bond acceptors (Lipinski definition) is 3. The summed E-state index contributed by atoms with van der Waals surface area (Å²) in [7, 11) is 0. The predicted octanol–water partition coefficient (Wildman–Crippen LogP) is 3.34. The summed E-state index contributed by atoms with van der Waals surface area (Å²) < 4.78 is 3.26. The van der Waals surface area contributed by atoms with E-state index in [0.717, 1.165) is 41.9 Å². The average Bonchev–Trinajstić information content (AvgIpc) is 2.87. The highest BCUT2D eigenvalue weighted by atomic mass is 79.9. The van der Waals surface area contributed by atoms with Gasteiger partial charge in [0.25, 0.3) is 0 Å². The third kappa shape index (κ3) is 3.67. The Kier molecular flexibility index (Phi) is 5.73. The van der Waals surface area contributed by atoms with Crippen molar-refractivity contribution in [1.82, 2.24) is 19.9 Å². The quantitative estimate of drug-likeness (QED) is 0.843. The molecule has 1 unspecified atom stereocenters. The second kappa shape index (κ2) is 7.55. The number of aryl methyl sites for hydroxylation is 1. The fourth-order valence-corrected chi connectivity index (χ4v) is 2.85. The number of nitrogens with zero attached hydrogens (tertiary/aromatic N) is 3. The van der Waals surface area contributed by atoms with Crippen LogP contribution in [0, 0.1) is 0 Å². The summed E-state index contributed by atoms with van der Waals surface area (Å²) in [5, 5.41) is 3.50. The third-order valence-corrected chi connectivity index (χ3v) is 3.89. The van der Waals surface area contributed by atoms with Crippen LogP contribution in [0.5, 0.6) is 0 Å². The van der Waals surface area contributed by atoms with E-state index < -0.39 is 0 Å². The highest BCUT2D eigenvalue weighted by Gasteiger charge is 2.17. The fraction of sp³-hybridized carbons (Fsp3) is 0.467. The molecule has 2 heterocycles. The number of rotatable bonds is 7. The molecule has 0 bridgehead atoms. The van der Waals surface area contributed by atoms with E-state index in [1.54, 1.807) is 0 Å². The molecule has 0 amide bonds. The summed E-state index contributed by atoms with van der Waals surface area (Å²) >= 11 is 3.59. The van der Waals surface area contributed by atoms with Gasteiger partial charge < -0.3 is 9.88 Å². The molecule has 0 saturated carbocycles. The van der Waals surface area contributed by atoms with Crippen molar-refractivity contribution in [2.24, 2.45) is 0 Å². The lowest BCUT2D eigenvalue weighted by Crippen LogP contribution is -2.25. The lowest BCUT2D eigenvalue weighted by molar-refractivity contribution is 0.504. The molecule has 108 valence electrons. The van der Waals surface area contributed by atoms with Crippen LogP contribution in [0.2, 0.25) is 0 Å². The molecule has 2 aromatic rings. The van der Waals surface area contributed by atoms with Gasteiger partial charge in [-0.05, 0) is 41.0 Å². The van der Waals surface area contributed by atoms with Gasteiger partial charge in [-0.25, -0.2) is 4.98 Å². The number of imidazole rings is 1. The molecule has 0 aliphatic carbocycles. The van der Waals surface area contributed by atoms with Crippen molar-refractivity contribution in [1.29, 1.82) is 0 Å². The smallest absolute Gasteiger partial charge is 0.110 e. The summed E-state index contributed by atoms with van der Waals surface area (Å²) in [4.78, 5) is 9.00. The Morgan fingerprint density at radius 3 is 2.85 bits per heavy atom. The Bertz CT molecular complexity index is 538. The minimum atomic E-state index is 0.175. The van der Waals surface area contributed by atoms with E-state index in [1.807, 2.05) is 24.5 Å². The van der Waals surface area contributed by atoms with Crippen molar-refractivity contribution >= 4 is 15.9 Å².